The average Bonchev–Trinajstić information content (AvgIpc) is 2.26. The molecule has 1 aromatic rings. The molecule has 0 saturated carbocycles. The molecule has 0 fully saturated rings. The van der Waals surface area contributed by atoms with Gasteiger partial charge in [-0.3, -0.25) is 0 Å². The lowest BCUT2D eigenvalue weighted by atomic mass is 10.1. The Labute approximate surface area is 88.7 Å². The van der Waals surface area contributed by atoms with Gasteiger partial charge >= 0.3 is 0 Å². The van der Waals surface area contributed by atoms with Crippen molar-refractivity contribution in [3.05, 3.63) is 35.4 Å². The highest BCUT2D eigenvalue weighted by molar-refractivity contribution is 7.80. The first-order valence-corrected chi connectivity index (χ1v) is 4.61. The molecule has 0 saturated heterocycles. The smallest absolute Gasteiger partial charge is 0.166 e. The molecular weight excluding hydrogens is 194 g/mol. The summed E-state index contributed by atoms with van der Waals surface area (Å²) in [6.07, 6.45) is 0. The van der Waals surface area contributed by atoms with Gasteiger partial charge in [-0.05, 0) is 29.9 Å². The number of thiocarbonyl (C=S) groups is 1. The zero-order valence-electron chi connectivity index (χ0n) is 7.87. The first-order valence-electron chi connectivity index (χ1n) is 4.21. The van der Waals surface area contributed by atoms with Crippen LogP contribution in [0.3, 0.4) is 0 Å². The van der Waals surface area contributed by atoms with Crippen LogP contribution in [0.5, 0.6) is 0 Å². The first-order chi connectivity index (χ1) is 6.76. The van der Waals surface area contributed by atoms with Gasteiger partial charge in [0.05, 0.1) is 11.6 Å². The summed E-state index contributed by atoms with van der Waals surface area (Å²) < 4.78 is 0. The van der Waals surface area contributed by atoms with Gasteiger partial charge in [-0.15, -0.1) is 0 Å². The van der Waals surface area contributed by atoms with Crippen molar-refractivity contribution in [2.75, 3.05) is 7.05 Å². The van der Waals surface area contributed by atoms with Gasteiger partial charge < -0.3 is 10.6 Å². The lowest BCUT2D eigenvalue weighted by Gasteiger charge is -2.06. The Morgan fingerprint density at radius 3 is 2.57 bits per heavy atom. The predicted molar refractivity (Wildman–Crippen MR) is 59.7 cm³/mol. The van der Waals surface area contributed by atoms with Crippen LogP contribution in [0.15, 0.2) is 24.3 Å². The Morgan fingerprint density at radius 2 is 2.07 bits per heavy atom. The Morgan fingerprint density at radius 1 is 1.43 bits per heavy atom. The molecule has 0 unspecified atom stereocenters. The van der Waals surface area contributed by atoms with Crippen LogP contribution in [0.25, 0.3) is 0 Å². The van der Waals surface area contributed by atoms with E-state index >= 15 is 0 Å². The highest BCUT2D eigenvalue weighted by atomic mass is 32.1. The number of hydrogen-bond donors (Lipinski definition) is 2. The molecule has 0 bridgehead atoms. The van der Waals surface area contributed by atoms with Gasteiger partial charge in [0.1, 0.15) is 0 Å². The average molecular weight is 205 g/mol. The topological polar surface area (TPSA) is 47.8 Å². The lowest BCUT2D eigenvalue weighted by molar-refractivity contribution is 0.890. The van der Waals surface area contributed by atoms with Gasteiger partial charge in [0.2, 0.25) is 0 Å². The maximum atomic E-state index is 8.59. The van der Waals surface area contributed by atoms with Gasteiger partial charge in [0.15, 0.2) is 5.11 Å². The second kappa shape index (κ2) is 5.20. The monoisotopic (exact) mass is 205 g/mol. The SMILES string of the molecule is CNC(=S)NCc1ccc(C#N)cc1. The predicted octanol–water partition coefficient (Wildman–Crippen LogP) is 1.15. The molecule has 0 aliphatic rings. The summed E-state index contributed by atoms with van der Waals surface area (Å²) in [6, 6.07) is 9.47. The number of benzene rings is 1. The van der Waals surface area contributed by atoms with Gasteiger partial charge in [0, 0.05) is 13.6 Å². The number of nitrogens with zero attached hydrogens (tertiary/aromatic N) is 1. The Bertz CT molecular complexity index is 351. The molecule has 1 rings (SSSR count). The van der Waals surface area contributed by atoms with Crippen molar-refractivity contribution in [2.45, 2.75) is 6.54 Å². The molecule has 0 heterocycles. The van der Waals surface area contributed by atoms with E-state index in [-0.39, 0.29) is 0 Å². The van der Waals surface area contributed by atoms with Crippen molar-refractivity contribution in [3.63, 3.8) is 0 Å². The van der Waals surface area contributed by atoms with Gasteiger partial charge in [-0.2, -0.15) is 5.26 Å². The van der Waals surface area contributed by atoms with E-state index < -0.39 is 0 Å². The molecule has 0 atom stereocenters. The summed E-state index contributed by atoms with van der Waals surface area (Å²) in [5, 5.41) is 15.1. The normalized spacial score (nSPS) is 8.86. The maximum absolute atomic E-state index is 8.59. The standard InChI is InChI=1S/C10H11N3S/c1-12-10(14)13-7-9-4-2-8(6-11)3-5-9/h2-5H,7H2,1H3,(H2,12,13,14). The Hall–Kier alpha value is -1.60. The van der Waals surface area contributed by atoms with E-state index in [1.54, 1.807) is 19.2 Å². The fourth-order valence-corrected chi connectivity index (χ4v) is 1.04. The molecule has 0 amide bonds. The largest absolute Gasteiger partial charge is 0.366 e. The first kappa shape index (κ1) is 10.5. The molecule has 2 N–H and O–H groups in total. The molecule has 0 aliphatic heterocycles. The van der Waals surface area contributed by atoms with E-state index in [9.17, 15) is 0 Å². The zero-order chi connectivity index (χ0) is 10.4. The van der Waals surface area contributed by atoms with E-state index in [0.29, 0.717) is 17.2 Å². The van der Waals surface area contributed by atoms with Crippen molar-refractivity contribution in [3.8, 4) is 6.07 Å². The lowest BCUT2D eigenvalue weighted by Crippen LogP contribution is -2.31. The summed E-state index contributed by atoms with van der Waals surface area (Å²) >= 11 is 4.93. The van der Waals surface area contributed by atoms with Crippen LogP contribution in [0, 0.1) is 11.3 Å². The second-order valence-corrected chi connectivity index (χ2v) is 3.15. The number of rotatable bonds is 2. The van der Waals surface area contributed by atoms with E-state index in [4.69, 9.17) is 17.5 Å². The van der Waals surface area contributed by atoms with E-state index in [2.05, 4.69) is 16.7 Å². The minimum atomic E-state index is 0.620. The molecule has 0 radical (unpaired) electrons. The molecule has 4 heteroatoms. The fourth-order valence-electron chi connectivity index (χ4n) is 0.968. The van der Waals surface area contributed by atoms with E-state index in [1.165, 1.54) is 0 Å². The molecule has 0 aromatic heterocycles. The van der Waals surface area contributed by atoms with Gasteiger partial charge in [0.25, 0.3) is 0 Å². The molecule has 1 aromatic carbocycles. The van der Waals surface area contributed by atoms with Gasteiger partial charge in [-0.1, -0.05) is 12.1 Å². The third-order valence-electron chi connectivity index (χ3n) is 1.76. The molecule has 72 valence electrons. The fraction of sp³-hybridized carbons (Fsp3) is 0.200. The maximum Gasteiger partial charge on any atom is 0.166 e. The van der Waals surface area contributed by atoms with Crippen LogP contribution < -0.4 is 10.6 Å². The van der Waals surface area contributed by atoms with Crippen molar-refractivity contribution >= 4 is 17.3 Å². The molecule has 0 spiro atoms. The summed E-state index contributed by atoms with van der Waals surface area (Å²) in [7, 11) is 1.77. The van der Waals surface area contributed by atoms with Crippen molar-refractivity contribution in [1.29, 1.82) is 5.26 Å². The molecule has 3 nitrogen and oxygen atoms in total. The molecule has 0 aliphatic carbocycles. The number of nitrogens with one attached hydrogen (secondary N) is 2. The summed E-state index contributed by atoms with van der Waals surface area (Å²) in [5.74, 6) is 0. The number of hydrogen-bond acceptors (Lipinski definition) is 2. The van der Waals surface area contributed by atoms with Crippen LogP contribution >= 0.6 is 12.2 Å². The zero-order valence-corrected chi connectivity index (χ0v) is 8.69. The third-order valence-corrected chi connectivity index (χ3v) is 2.11. The van der Waals surface area contributed by atoms with Crippen molar-refractivity contribution in [2.24, 2.45) is 0 Å². The summed E-state index contributed by atoms with van der Waals surface area (Å²) in [5.41, 5.74) is 1.77. The van der Waals surface area contributed by atoms with Crippen LogP contribution in [-0.2, 0) is 6.54 Å². The minimum absolute atomic E-state index is 0.620. The third kappa shape index (κ3) is 3.04. The highest BCUT2D eigenvalue weighted by Gasteiger charge is 1.94. The number of nitriles is 1. The van der Waals surface area contributed by atoms with Crippen LogP contribution in [0.1, 0.15) is 11.1 Å². The van der Waals surface area contributed by atoms with E-state index in [1.807, 2.05) is 12.1 Å². The highest BCUT2D eigenvalue weighted by Crippen LogP contribution is 2.02. The van der Waals surface area contributed by atoms with Crippen molar-refractivity contribution in [1.82, 2.24) is 10.6 Å². The summed E-state index contributed by atoms with van der Waals surface area (Å²) in [4.78, 5) is 0. The Kier molecular flexibility index (Phi) is 3.89. The van der Waals surface area contributed by atoms with Crippen LogP contribution in [0.2, 0.25) is 0 Å². The Balaban J connectivity index is 2.53. The quantitative estimate of drug-likeness (QED) is 0.711. The molecule has 14 heavy (non-hydrogen) atoms. The molecular formula is C10H11N3S. The summed E-state index contributed by atoms with van der Waals surface area (Å²) in [6.45, 7) is 0.672. The van der Waals surface area contributed by atoms with Gasteiger partial charge in [-0.25, -0.2) is 0 Å². The van der Waals surface area contributed by atoms with Crippen LogP contribution in [-0.4, -0.2) is 12.2 Å². The van der Waals surface area contributed by atoms with E-state index in [0.717, 1.165) is 5.56 Å². The minimum Gasteiger partial charge on any atom is -0.366 e. The van der Waals surface area contributed by atoms with Crippen molar-refractivity contribution < 1.29 is 0 Å². The second-order valence-electron chi connectivity index (χ2n) is 2.74. The van der Waals surface area contributed by atoms with Crippen LogP contribution in [0.4, 0.5) is 0 Å².